The molecule has 0 bridgehead atoms. The first kappa shape index (κ1) is 35.8. The molecule has 0 saturated carbocycles. The Balaban J connectivity index is 2.68. The Bertz CT molecular complexity index is 1260. The molecule has 0 aliphatic rings. The maximum absolute atomic E-state index is 14.6. The van der Waals surface area contributed by atoms with E-state index >= 15 is 0 Å². The molecule has 0 saturated heterocycles. The number of amides is 3. The van der Waals surface area contributed by atoms with Crippen molar-refractivity contribution in [3.8, 4) is 12.3 Å². The highest BCUT2D eigenvalue weighted by Crippen LogP contribution is 2.31. The molecule has 0 aliphatic heterocycles. The molecule has 8 heteroatoms. The number of anilines is 1. The number of alkyl carbamates (subject to hydrolysis) is 1. The number of ether oxygens (including phenoxy) is 1. The minimum atomic E-state index is -0.974. The monoisotopic (exact) mass is 607 g/mol. The van der Waals surface area contributed by atoms with Gasteiger partial charge in [-0.1, -0.05) is 50.1 Å². The fourth-order valence-electron chi connectivity index (χ4n) is 4.84. The average Bonchev–Trinajstić information content (AvgIpc) is 2.93. The molecule has 0 fully saturated rings. The summed E-state index contributed by atoms with van der Waals surface area (Å²) in [5.74, 6) is 2.99. The highest BCUT2D eigenvalue weighted by atomic mass is 32.2. The van der Waals surface area contributed by atoms with Gasteiger partial charge < -0.3 is 20.3 Å². The van der Waals surface area contributed by atoms with Crippen molar-refractivity contribution in [2.75, 3.05) is 17.3 Å². The van der Waals surface area contributed by atoms with Gasteiger partial charge in [-0.3, -0.25) is 9.59 Å². The Morgan fingerprint density at radius 2 is 1.58 bits per heavy atom. The summed E-state index contributed by atoms with van der Waals surface area (Å²) in [6, 6.07) is 10.8. The molecular weight excluding hydrogens is 558 g/mol. The predicted molar refractivity (Wildman–Crippen MR) is 178 cm³/mol. The SMILES string of the molecule is C#Cc1ccc(C(C(=O)Nc2c(C)cccc2C)N(C(=O)C(CCSC)NC(=O)OC(C)(C)C)C(C)CCC(C)C)cc1. The van der Waals surface area contributed by atoms with Crippen LogP contribution in [0.4, 0.5) is 10.5 Å². The highest BCUT2D eigenvalue weighted by Gasteiger charge is 2.39. The number of hydrogen-bond acceptors (Lipinski definition) is 5. The van der Waals surface area contributed by atoms with Crippen LogP contribution in [0.5, 0.6) is 0 Å². The van der Waals surface area contributed by atoms with Gasteiger partial charge in [-0.2, -0.15) is 11.8 Å². The largest absolute Gasteiger partial charge is 0.444 e. The number of nitrogens with one attached hydrogen (secondary N) is 2. The number of aryl methyl sites for hydroxylation is 2. The standard InChI is InChI=1S/C35H49N3O4S/c1-11-27-17-19-28(20-18-27)31(32(39)37-30-24(4)13-12-14-25(30)5)38(26(6)16-15-23(2)3)33(40)29(21-22-43-10)36-34(41)42-35(7,8)9/h1,12-14,17-20,23,26,29,31H,15-16,21-22H2,2-10H3,(H,36,41)(H,37,39). The first-order valence-corrected chi connectivity index (χ1v) is 16.3. The number of terminal acetylenes is 1. The molecule has 2 N–H and O–H groups in total. The quantitative estimate of drug-likeness (QED) is 0.234. The maximum atomic E-state index is 14.6. The Hall–Kier alpha value is -3.44. The van der Waals surface area contributed by atoms with Crippen molar-refractivity contribution in [3.63, 3.8) is 0 Å². The Kier molecular flexibility index (Phi) is 13.7. The lowest BCUT2D eigenvalue weighted by Gasteiger charge is -2.39. The summed E-state index contributed by atoms with van der Waals surface area (Å²) in [7, 11) is 0. The molecular formula is C35H49N3O4S. The van der Waals surface area contributed by atoms with Crippen LogP contribution in [0.2, 0.25) is 0 Å². The van der Waals surface area contributed by atoms with Gasteiger partial charge in [0.05, 0.1) is 0 Å². The number of rotatable bonds is 13. The average molecular weight is 608 g/mol. The molecule has 0 heterocycles. The van der Waals surface area contributed by atoms with Gasteiger partial charge >= 0.3 is 6.09 Å². The number of carbonyl (C=O) groups is 3. The third-order valence-electron chi connectivity index (χ3n) is 7.14. The smallest absolute Gasteiger partial charge is 0.408 e. The molecule has 43 heavy (non-hydrogen) atoms. The Morgan fingerprint density at radius 1 is 0.977 bits per heavy atom. The van der Waals surface area contributed by atoms with E-state index in [4.69, 9.17) is 11.2 Å². The van der Waals surface area contributed by atoms with E-state index in [1.54, 1.807) is 61.7 Å². The van der Waals surface area contributed by atoms with Crippen LogP contribution in [0, 0.1) is 32.1 Å². The lowest BCUT2D eigenvalue weighted by molar-refractivity contribution is -0.143. The first-order valence-electron chi connectivity index (χ1n) is 14.9. The number of thioether (sulfide) groups is 1. The van der Waals surface area contributed by atoms with Crippen LogP contribution in [0.25, 0.3) is 0 Å². The van der Waals surface area contributed by atoms with E-state index in [1.165, 1.54) is 0 Å². The minimum Gasteiger partial charge on any atom is -0.444 e. The number of para-hydroxylation sites is 1. The molecule has 3 unspecified atom stereocenters. The number of benzene rings is 2. The Morgan fingerprint density at radius 3 is 2.09 bits per heavy atom. The Labute approximate surface area is 262 Å². The van der Waals surface area contributed by atoms with Crippen molar-refractivity contribution in [3.05, 3.63) is 64.7 Å². The summed E-state index contributed by atoms with van der Waals surface area (Å²) in [5, 5.41) is 5.94. The van der Waals surface area contributed by atoms with Gasteiger partial charge in [-0.15, -0.1) is 6.42 Å². The zero-order valence-corrected chi connectivity index (χ0v) is 28.1. The summed E-state index contributed by atoms with van der Waals surface area (Å²) in [6.45, 7) is 15.4. The van der Waals surface area contributed by atoms with Crippen LogP contribution in [0.3, 0.4) is 0 Å². The van der Waals surface area contributed by atoms with Gasteiger partial charge in [-0.05, 0) is 108 Å². The number of hydrogen-bond donors (Lipinski definition) is 2. The van der Waals surface area contributed by atoms with Crippen LogP contribution in [-0.2, 0) is 14.3 Å². The van der Waals surface area contributed by atoms with Crippen LogP contribution in [-0.4, -0.2) is 52.5 Å². The van der Waals surface area contributed by atoms with E-state index in [-0.39, 0.29) is 17.9 Å². The van der Waals surface area contributed by atoms with Crippen LogP contribution >= 0.6 is 11.8 Å². The molecule has 3 atom stereocenters. The van der Waals surface area contributed by atoms with Crippen molar-refractivity contribution in [2.45, 2.75) is 98.4 Å². The topological polar surface area (TPSA) is 87.7 Å². The van der Waals surface area contributed by atoms with Gasteiger partial charge in [0.2, 0.25) is 5.91 Å². The molecule has 2 rings (SSSR count). The predicted octanol–water partition coefficient (Wildman–Crippen LogP) is 7.26. The van der Waals surface area contributed by atoms with E-state index in [1.807, 2.05) is 45.2 Å². The van der Waals surface area contributed by atoms with Crippen LogP contribution in [0.1, 0.15) is 89.1 Å². The summed E-state index contributed by atoms with van der Waals surface area (Å²) in [5.41, 5.74) is 3.13. The molecule has 234 valence electrons. The van der Waals surface area contributed by atoms with Crippen LogP contribution < -0.4 is 10.6 Å². The fraction of sp³-hybridized carbons (Fsp3) is 0.514. The molecule has 0 radical (unpaired) electrons. The van der Waals surface area contributed by atoms with E-state index in [2.05, 4.69) is 30.4 Å². The lowest BCUT2D eigenvalue weighted by Crippen LogP contribution is -2.55. The van der Waals surface area contributed by atoms with Crippen molar-refractivity contribution in [1.82, 2.24) is 10.2 Å². The molecule has 0 spiro atoms. The van der Waals surface area contributed by atoms with Crippen molar-refractivity contribution in [2.24, 2.45) is 5.92 Å². The molecule has 0 aromatic heterocycles. The maximum Gasteiger partial charge on any atom is 0.408 e. The summed E-state index contributed by atoms with van der Waals surface area (Å²) in [6.07, 6.45) is 8.83. The lowest BCUT2D eigenvalue weighted by atomic mass is 9.96. The molecule has 7 nitrogen and oxygen atoms in total. The third-order valence-corrected chi connectivity index (χ3v) is 7.78. The van der Waals surface area contributed by atoms with Gasteiger partial charge in [0.15, 0.2) is 0 Å². The van der Waals surface area contributed by atoms with Gasteiger partial charge in [0.25, 0.3) is 5.91 Å². The number of carbonyl (C=O) groups excluding carboxylic acids is 3. The van der Waals surface area contributed by atoms with E-state index in [9.17, 15) is 14.4 Å². The van der Waals surface area contributed by atoms with Gasteiger partial charge in [-0.25, -0.2) is 4.79 Å². The zero-order chi connectivity index (χ0) is 32.3. The zero-order valence-electron chi connectivity index (χ0n) is 27.2. The van der Waals surface area contributed by atoms with E-state index in [0.29, 0.717) is 41.3 Å². The van der Waals surface area contributed by atoms with Crippen molar-refractivity contribution in [1.29, 1.82) is 0 Å². The summed E-state index contributed by atoms with van der Waals surface area (Å²) in [4.78, 5) is 43.5. The third kappa shape index (κ3) is 11.0. The molecule has 3 amide bonds. The van der Waals surface area contributed by atoms with E-state index < -0.39 is 23.8 Å². The first-order chi connectivity index (χ1) is 20.2. The van der Waals surface area contributed by atoms with Gasteiger partial charge in [0, 0.05) is 17.3 Å². The molecule has 2 aromatic rings. The van der Waals surface area contributed by atoms with Crippen molar-refractivity contribution >= 4 is 35.4 Å². The fourth-order valence-corrected chi connectivity index (χ4v) is 5.31. The molecule has 2 aromatic carbocycles. The van der Waals surface area contributed by atoms with E-state index in [0.717, 1.165) is 17.5 Å². The second-order valence-corrected chi connectivity index (χ2v) is 13.5. The second-order valence-electron chi connectivity index (χ2n) is 12.5. The van der Waals surface area contributed by atoms with Crippen molar-refractivity contribution < 1.29 is 19.1 Å². The number of nitrogens with zero attached hydrogens (tertiary/aromatic N) is 1. The second kappa shape index (κ2) is 16.4. The minimum absolute atomic E-state index is 0.312. The normalized spacial score (nSPS) is 13.4. The van der Waals surface area contributed by atoms with Gasteiger partial charge in [0.1, 0.15) is 17.7 Å². The summed E-state index contributed by atoms with van der Waals surface area (Å²) < 4.78 is 5.52. The van der Waals surface area contributed by atoms with Crippen LogP contribution in [0.15, 0.2) is 42.5 Å². The summed E-state index contributed by atoms with van der Waals surface area (Å²) >= 11 is 1.58. The highest BCUT2D eigenvalue weighted by molar-refractivity contribution is 7.98. The molecule has 0 aliphatic carbocycles.